The van der Waals surface area contributed by atoms with Gasteiger partial charge in [0.1, 0.15) is 0 Å². The zero-order valence-electron chi connectivity index (χ0n) is 8.22. The van der Waals surface area contributed by atoms with Crippen LogP contribution in [0.3, 0.4) is 0 Å². The first-order valence-corrected chi connectivity index (χ1v) is 5.09. The Morgan fingerprint density at radius 3 is 1.36 bits per heavy atom. The SMILES string of the molecule is CC1C(C)C(C)C2(CC2)C1C. The molecule has 0 N–H and O–H groups in total. The monoisotopic (exact) mass is 152 g/mol. The summed E-state index contributed by atoms with van der Waals surface area (Å²) in [7, 11) is 0. The van der Waals surface area contributed by atoms with Gasteiger partial charge in [0, 0.05) is 0 Å². The molecule has 2 aliphatic rings. The minimum absolute atomic E-state index is 0.804. The molecule has 0 amide bonds. The van der Waals surface area contributed by atoms with Crippen molar-refractivity contribution in [3.63, 3.8) is 0 Å². The van der Waals surface area contributed by atoms with Gasteiger partial charge in [-0.05, 0) is 41.9 Å². The Morgan fingerprint density at radius 1 is 0.818 bits per heavy atom. The van der Waals surface area contributed by atoms with Crippen LogP contribution in [0.1, 0.15) is 40.5 Å². The maximum atomic E-state index is 2.47. The first-order chi connectivity index (χ1) is 5.09. The van der Waals surface area contributed by atoms with Gasteiger partial charge in [0.2, 0.25) is 0 Å². The summed E-state index contributed by atoms with van der Waals surface area (Å²) in [6, 6.07) is 0. The molecule has 4 unspecified atom stereocenters. The van der Waals surface area contributed by atoms with Gasteiger partial charge < -0.3 is 0 Å². The topological polar surface area (TPSA) is 0 Å². The minimum atomic E-state index is 0.804. The second kappa shape index (κ2) is 2.02. The van der Waals surface area contributed by atoms with Gasteiger partial charge in [-0.1, -0.05) is 27.7 Å². The number of hydrogen-bond donors (Lipinski definition) is 0. The van der Waals surface area contributed by atoms with E-state index in [4.69, 9.17) is 0 Å². The van der Waals surface area contributed by atoms with Crippen molar-refractivity contribution in [3.05, 3.63) is 0 Å². The van der Waals surface area contributed by atoms with Crippen LogP contribution in [0.5, 0.6) is 0 Å². The summed E-state index contributed by atoms with van der Waals surface area (Å²) in [5.74, 6) is 3.92. The van der Waals surface area contributed by atoms with E-state index in [1.165, 1.54) is 12.8 Å². The van der Waals surface area contributed by atoms with E-state index in [9.17, 15) is 0 Å². The van der Waals surface area contributed by atoms with Crippen LogP contribution in [-0.4, -0.2) is 0 Å². The summed E-state index contributed by atoms with van der Waals surface area (Å²) >= 11 is 0. The van der Waals surface area contributed by atoms with Crippen molar-refractivity contribution in [2.24, 2.45) is 29.1 Å². The molecule has 1 spiro atoms. The molecular weight excluding hydrogens is 132 g/mol. The van der Waals surface area contributed by atoms with Gasteiger partial charge in [0.25, 0.3) is 0 Å². The Morgan fingerprint density at radius 2 is 1.18 bits per heavy atom. The Labute approximate surface area is 70.4 Å². The van der Waals surface area contributed by atoms with Crippen molar-refractivity contribution in [1.29, 1.82) is 0 Å². The van der Waals surface area contributed by atoms with Crippen molar-refractivity contribution < 1.29 is 0 Å². The van der Waals surface area contributed by atoms with Gasteiger partial charge in [-0.15, -0.1) is 0 Å². The molecule has 0 aromatic carbocycles. The molecule has 2 fully saturated rings. The van der Waals surface area contributed by atoms with Crippen LogP contribution in [0.25, 0.3) is 0 Å². The van der Waals surface area contributed by atoms with Crippen LogP contribution < -0.4 is 0 Å². The molecule has 2 saturated carbocycles. The number of hydrogen-bond acceptors (Lipinski definition) is 0. The predicted octanol–water partition coefficient (Wildman–Crippen LogP) is 3.32. The second-order valence-electron chi connectivity index (χ2n) is 5.03. The number of rotatable bonds is 0. The first-order valence-electron chi connectivity index (χ1n) is 5.09. The molecule has 0 heteroatoms. The maximum absolute atomic E-state index is 2.47. The summed E-state index contributed by atoms with van der Waals surface area (Å²) in [4.78, 5) is 0. The van der Waals surface area contributed by atoms with E-state index in [1.807, 2.05) is 0 Å². The van der Waals surface area contributed by atoms with Crippen LogP contribution in [-0.2, 0) is 0 Å². The van der Waals surface area contributed by atoms with Crippen molar-refractivity contribution in [2.75, 3.05) is 0 Å². The summed E-state index contributed by atoms with van der Waals surface area (Å²) in [5.41, 5.74) is 0.804. The van der Waals surface area contributed by atoms with Gasteiger partial charge in [-0.2, -0.15) is 0 Å². The molecule has 0 bridgehead atoms. The maximum Gasteiger partial charge on any atom is -0.0240 e. The van der Waals surface area contributed by atoms with Gasteiger partial charge in [-0.25, -0.2) is 0 Å². The third-order valence-corrected chi connectivity index (χ3v) is 5.05. The summed E-state index contributed by atoms with van der Waals surface area (Å²) < 4.78 is 0. The van der Waals surface area contributed by atoms with Gasteiger partial charge in [-0.3, -0.25) is 0 Å². The summed E-state index contributed by atoms with van der Waals surface area (Å²) in [5, 5.41) is 0. The van der Waals surface area contributed by atoms with Crippen LogP contribution >= 0.6 is 0 Å². The molecule has 0 aromatic heterocycles. The molecule has 4 atom stereocenters. The van der Waals surface area contributed by atoms with Crippen LogP contribution in [0, 0.1) is 29.1 Å². The van der Waals surface area contributed by atoms with Crippen molar-refractivity contribution in [2.45, 2.75) is 40.5 Å². The lowest BCUT2D eigenvalue weighted by Gasteiger charge is -2.19. The fraction of sp³-hybridized carbons (Fsp3) is 1.00. The highest BCUT2D eigenvalue weighted by molar-refractivity contribution is 5.08. The standard InChI is InChI=1S/C11H20/c1-7-8(2)10(4)11(5-6-11)9(7)3/h7-10H,5-6H2,1-4H3. The zero-order valence-corrected chi connectivity index (χ0v) is 8.22. The van der Waals surface area contributed by atoms with Gasteiger partial charge in [0.05, 0.1) is 0 Å². The molecule has 2 rings (SSSR count). The van der Waals surface area contributed by atoms with Crippen molar-refractivity contribution >= 4 is 0 Å². The van der Waals surface area contributed by atoms with E-state index in [0.29, 0.717) is 0 Å². The molecule has 0 aromatic rings. The molecule has 0 saturated heterocycles. The van der Waals surface area contributed by atoms with Crippen LogP contribution in [0.2, 0.25) is 0 Å². The lowest BCUT2D eigenvalue weighted by atomic mass is 9.86. The van der Waals surface area contributed by atoms with Crippen LogP contribution in [0.15, 0.2) is 0 Å². The van der Waals surface area contributed by atoms with E-state index in [1.54, 1.807) is 0 Å². The normalized spacial score (nSPS) is 53.5. The average molecular weight is 152 g/mol. The lowest BCUT2D eigenvalue weighted by molar-refractivity contribution is 0.293. The lowest BCUT2D eigenvalue weighted by Crippen LogP contribution is -2.13. The predicted molar refractivity (Wildman–Crippen MR) is 48.3 cm³/mol. The average Bonchev–Trinajstić information content (AvgIpc) is 2.76. The Balaban J connectivity index is 2.25. The van der Waals surface area contributed by atoms with E-state index in [2.05, 4.69) is 27.7 Å². The zero-order chi connectivity index (χ0) is 8.22. The minimum Gasteiger partial charge on any atom is -0.0620 e. The van der Waals surface area contributed by atoms with Crippen LogP contribution in [0.4, 0.5) is 0 Å². The highest BCUT2D eigenvalue weighted by atomic mass is 14.6. The Bertz CT molecular complexity index is 151. The molecule has 0 nitrogen and oxygen atoms in total. The molecule has 64 valence electrons. The van der Waals surface area contributed by atoms with Gasteiger partial charge in [0.15, 0.2) is 0 Å². The Kier molecular flexibility index (Phi) is 1.41. The van der Waals surface area contributed by atoms with E-state index >= 15 is 0 Å². The third kappa shape index (κ3) is 0.761. The quantitative estimate of drug-likeness (QED) is 0.499. The molecule has 0 aliphatic heterocycles. The molecule has 11 heavy (non-hydrogen) atoms. The molecule has 0 radical (unpaired) electrons. The Hall–Kier alpha value is 0. The largest absolute Gasteiger partial charge is 0.0620 e. The van der Waals surface area contributed by atoms with Crippen molar-refractivity contribution in [1.82, 2.24) is 0 Å². The van der Waals surface area contributed by atoms with Crippen molar-refractivity contribution in [3.8, 4) is 0 Å². The fourth-order valence-corrected chi connectivity index (χ4v) is 3.43. The fourth-order valence-electron chi connectivity index (χ4n) is 3.43. The molecule has 2 aliphatic carbocycles. The first kappa shape index (κ1) is 7.64. The summed E-state index contributed by atoms with van der Waals surface area (Å²) in [6.45, 7) is 9.83. The molecular formula is C11H20. The highest BCUT2D eigenvalue weighted by Crippen LogP contribution is 2.67. The van der Waals surface area contributed by atoms with E-state index in [-0.39, 0.29) is 0 Å². The highest BCUT2D eigenvalue weighted by Gasteiger charge is 2.59. The van der Waals surface area contributed by atoms with E-state index < -0.39 is 0 Å². The second-order valence-corrected chi connectivity index (χ2v) is 5.03. The molecule has 0 heterocycles. The van der Waals surface area contributed by atoms with Gasteiger partial charge >= 0.3 is 0 Å². The van der Waals surface area contributed by atoms with E-state index in [0.717, 1.165) is 29.1 Å². The summed E-state index contributed by atoms with van der Waals surface area (Å²) in [6.07, 6.45) is 3.04. The third-order valence-electron chi connectivity index (χ3n) is 5.05. The smallest absolute Gasteiger partial charge is 0.0240 e.